The van der Waals surface area contributed by atoms with Gasteiger partial charge in [0.25, 0.3) is 0 Å². The minimum absolute atomic E-state index is 0.199. The summed E-state index contributed by atoms with van der Waals surface area (Å²) in [6.45, 7) is 1.70. The van der Waals surface area contributed by atoms with E-state index >= 15 is 0 Å². The molecule has 1 aromatic rings. The Labute approximate surface area is 69.5 Å². The van der Waals surface area contributed by atoms with Crippen molar-refractivity contribution in [2.45, 2.75) is 13.0 Å². The summed E-state index contributed by atoms with van der Waals surface area (Å²) in [5.41, 5.74) is 0.873. The topological polar surface area (TPSA) is 70.4 Å². The van der Waals surface area contributed by atoms with Gasteiger partial charge in [-0.3, -0.25) is 4.98 Å². The number of aryl methyl sites for hydroxylation is 1. The van der Waals surface area contributed by atoms with Crippen LogP contribution in [0, 0.1) is 6.92 Å². The highest BCUT2D eigenvalue weighted by atomic mass is 16.4. The number of hydrogen-bond donors (Lipinski definition) is 2. The molecule has 64 valence electrons. The summed E-state index contributed by atoms with van der Waals surface area (Å²) in [4.78, 5) is 14.1. The minimum atomic E-state index is -1.52. The first-order valence-corrected chi connectivity index (χ1v) is 3.45. The van der Waals surface area contributed by atoms with Gasteiger partial charge in [0.15, 0.2) is 6.10 Å². The van der Waals surface area contributed by atoms with Crippen molar-refractivity contribution in [2.75, 3.05) is 0 Å². The van der Waals surface area contributed by atoms with Crippen LogP contribution in [0.5, 0.6) is 0 Å². The van der Waals surface area contributed by atoms with Crippen LogP contribution in [0.3, 0.4) is 0 Å². The molecule has 12 heavy (non-hydrogen) atoms. The van der Waals surface area contributed by atoms with Crippen molar-refractivity contribution in [1.29, 1.82) is 0 Å². The highest BCUT2D eigenvalue weighted by molar-refractivity contribution is 5.73. The lowest BCUT2D eigenvalue weighted by Crippen LogP contribution is -2.13. The van der Waals surface area contributed by atoms with Crippen LogP contribution in [-0.2, 0) is 4.79 Å². The van der Waals surface area contributed by atoms with E-state index in [1.807, 2.05) is 0 Å². The van der Waals surface area contributed by atoms with Gasteiger partial charge in [-0.15, -0.1) is 0 Å². The summed E-state index contributed by atoms with van der Waals surface area (Å²) in [5.74, 6) is -1.28. The number of carboxylic acids is 1. The monoisotopic (exact) mass is 167 g/mol. The molecule has 0 spiro atoms. The molecule has 2 N–H and O–H groups in total. The lowest BCUT2D eigenvalue weighted by atomic mass is 10.1. The molecule has 0 aromatic carbocycles. The van der Waals surface area contributed by atoms with E-state index in [9.17, 15) is 4.79 Å². The minimum Gasteiger partial charge on any atom is -0.479 e. The summed E-state index contributed by atoms with van der Waals surface area (Å²) in [6.07, 6.45) is -0.0692. The van der Waals surface area contributed by atoms with Gasteiger partial charge in [-0.05, 0) is 18.6 Å². The maximum Gasteiger partial charge on any atom is 0.338 e. The Bertz CT molecular complexity index is 298. The van der Waals surface area contributed by atoms with Gasteiger partial charge in [-0.1, -0.05) is 6.07 Å². The number of carbonyl (C=O) groups is 1. The van der Waals surface area contributed by atoms with Crippen molar-refractivity contribution >= 4 is 5.97 Å². The fourth-order valence-electron chi connectivity index (χ4n) is 0.901. The molecule has 1 rings (SSSR count). The number of aromatic nitrogens is 1. The van der Waals surface area contributed by atoms with Gasteiger partial charge in [0, 0.05) is 6.20 Å². The summed E-state index contributed by atoms with van der Waals surface area (Å²) in [5, 5.41) is 17.6. The van der Waals surface area contributed by atoms with Gasteiger partial charge in [0.1, 0.15) is 0 Å². The van der Waals surface area contributed by atoms with Crippen LogP contribution in [0.15, 0.2) is 18.3 Å². The SMILES string of the molecule is Cc1cccnc1C(O)C(=O)O. The Hall–Kier alpha value is -1.42. The fourth-order valence-corrected chi connectivity index (χ4v) is 0.901. The number of hydrogen-bond acceptors (Lipinski definition) is 3. The van der Waals surface area contributed by atoms with Crippen LogP contribution in [0.1, 0.15) is 17.4 Å². The molecule has 0 amide bonds. The standard InChI is InChI=1S/C8H9NO3/c1-5-3-2-4-9-6(5)7(10)8(11)12/h2-4,7,10H,1H3,(H,11,12). The molecule has 4 heteroatoms. The van der Waals surface area contributed by atoms with E-state index < -0.39 is 12.1 Å². The van der Waals surface area contributed by atoms with Crippen molar-refractivity contribution < 1.29 is 15.0 Å². The average Bonchev–Trinajstić information content (AvgIpc) is 2.04. The lowest BCUT2D eigenvalue weighted by Gasteiger charge is -2.06. The highest BCUT2D eigenvalue weighted by Crippen LogP contribution is 2.13. The van der Waals surface area contributed by atoms with Crippen LogP contribution in [0.25, 0.3) is 0 Å². The Kier molecular flexibility index (Phi) is 2.40. The molecule has 4 nitrogen and oxygen atoms in total. The third-order valence-electron chi connectivity index (χ3n) is 1.54. The van der Waals surface area contributed by atoms with E-state index in [0.29, 0.717) is 5.56 Å². The number of aliphatic hydroxyl groups is 1. The van der Waals surface area contributed by atoms with E-state index in [-0.39, 0.29) is 5.69 Å². The Morgan fingerprint density at radius 2 is 2.33 bits per heavy atom. The second-order valence-electron chi connectivity index (χ2n) is 2.45. The van der Waals surface area contributed by atoms with E-state index in [1.54, 1.807) is 19.1 Å². The number of pyridine rings is 1. The average molecular weight is 167 g/mol. The van der Waals surface area contributed by atoms with Gasteiger partial charge >= 0.3 is 5.97 Å². The zero-order chi connectivity index (χ0) is 9.14. The summed E-state index contributed by atoms with van der Waals surface area (Å²) in [6, 6.07) is 3.39. The molecule has 0 aliphatic rings. The third-order valence-corrected chi connectivity index (χ3v) is 1.54. The van der Waals surface area contributed by atoms with Crippen LogP contribution in [-0.4, -0.2) is 21.2 Å². The zero-order valence-electron chi connectivity index (χ0n) is 6.56. The molecule has 0 saturated heterocycles. The fraction of sp³-hybridized carbons (Fsp3) is 0.250. The van der Waals surface area contributed by atoms with Gasteiger partial charge in [-0.2, -0.15) is 0 Å². The first-order valence-electron chi connectivity index (χ1n) is 3.45. The van der Waals surface area contributed by atoms with Gasteiger partial charge in [0.05, 0.1) is 5.69 Å². The number of rotatable bonds is 2. The van der Waals surface area contributed by atoms with Crippen LogP contribution >= 0.6 is 0 Å². The van der Waals surface area contributed by atoms with E-state index in [2.05, 4.69) is 4.98 Å². The summed E-state index contributed by atoms with van der Waals surface area (Å²) < 4.78 is 0. The normalized spacial score (nSPS) is 12.5. The smallest absolute Gasteiger partial charge is 0.338 e. The first-order chi connectivity index (χ1) is 5.63. The van der Waals surface area contributed by atoms with Crippen LogP contribution < -0.4 is 0 Å². The molecular formula is C8H9NO3. The molecule has 0 bridgehead atoms. The molecule has 0 aliphatic carbocycles. The summed E-state index contributed by atoms with van der Waals surface area (Å²) >= 11 is 0. The molecule has 0 fully saturated rings. The van der Waals surface area contributed by atoms with Crippen LogP contribution in [0.4, 0.5) is 0 Å². The number of carboxylic acid groups (broad SMARTS) is 1. The third kappa shape index (κ3) is 1.60. The Balaban J connectivity index is 3.02. The van der Waals surface area contributed by atoms with Gasteiger partial charge in [-0.25, -0.2) is 4.79 Å². The Morgan fingerprint density at radius 3 is 2.83 bits per heavy atom. The molecular weight excluding hydrogens is 158 g/mol. The van der Waals surface area contributed by atoms with Crippen LogP contribution in [0.2, 0.25) is 0 Å². The number of aliphatic hydroxyl groups excluding tert-OH is 1. The maximum absolute atomic E-state index is 10.4. The second kappa shape index (κ2) is 3.32. The van der Waals surface area contributed by atoms with Crippen molar-refractivity contribution in [2.24, 2.45) is 0 Å². The largest absolute Gasteiger partial charge is 0.479 e. The molecule has 1 heterocycles. The molecule has 1 unspecified atom stereocenters. The lowest BCUT2D eigenvalue weighted by molar-refractivity contribution is -0.147. The number of nitrogens with zero attached hydrogens (tertiary/aromatic N) is 1. The van der Waals surface area contributed by atoms with Crippen molar-refractivity contribution in [3.63, 3.8) is 0 Å². The van der Waals surface area contributed by atoms with E-state index in [1.165, 1.54) is 6.20 Å². The molecule has 0 aliphatic heterocycles. The quantitative estimate of drug-likeness (QED) is 0.673. The van der Waals surface area contributed by atoms with Crippen molar-refractivity contribution in [3.8, 4) is 0 Å². The molecule has 0 saturated carbocycles. The maximum atomic E-state index is 10.4. The zero-order valence-corrected chi connectivity index (χ0v) is 6.56. The van der Waals surface area contributed by atoms with Gasteiger partial charge < -0.3 is 10.2 Å². The highest BCUT2D eigenvalue weighted by Gasteiger charge is 2.18. The predicted molar refractivity (Wildman–Crippen MR) is 41.6 cm³/mol. The Morgan fingerprint density at radius 1 is 1.67 bits per heavy atom. The molecule has 1 atom stereocenters. The molecule has 0 radical (unpaired) electrons. The van der Waals surface area contributed by atoms with Crippen molar-refractivity contribution in [3.05, 3.63) is 29.6 Å². The second-order valence-corrected chi connectivity index (χ2v) is 2.45. The predicted octanol–water partition coefficient (Wildman–Crippen LogP) is 0.508. The summed E-state index contributed by atoms with van der Waals surface area (Å²) in [7, 11) is 0. The number of aliphatic carboxylic acids is 1. The molecule has 1 aromatic heterocycles. The first kappa shape index (κ1) is 8.67. The van der Waals surface area contributed by atoms with E-state index in [0.717, 1.165) is 0 Å². The van der Waals surface area contributed by atoms with E-state index in [4.69, 9.17) is 10.2 Å². The van der Waals surface area contributed by atoms with Crippen molar-refractivity contribution in [1.82, 2.24) is 4.98 Å². The van der Waals surface area contributed by atoms with Gasteiger partial charge in [0.2, 0.25) is 0 Å².